The normalized spacial score (nSPS) is 15.8. The molecule has 1 fully saturated rings. The zero-order valence-electron chi connectivity index (χ0n) is 13.2. The third-order valence-corrected chi connectivity index (χ3v) is 4.06. The van der Waals surface area contributed by atoms with Crippen molar-refractivity contribution in [3.8, 4) is 0 Å². The van der Waals surface area contributed by atoms with E-state index in [4.69, 9.17) is 0 Å². The molecule has 2 aromatic rings. The topological polar surface area (TPSA) is 57.2 Å². The Morgan fingerprint density at radius 1 is 1.14 bits per heavy atom. The molecule has 1 aromatic heterocycles. The predicted octanol–water partition coefficient (Wildman–Crippen LogP) is 2.07. The number of benzene rings is 1. The molecule has 0 bridgehead atoms. The van der Waals surface area contributed by atoms with Gasteiger partial charge in [0.2, 0.25) is 5.95 Å². The van der Waals surface area contributed by atoms with E-state index in [1.165, 1.54) is 5.56 Å². The molecule has 0 aliphatic carbocycles. The highest BCUT2D eigenvalue weighted by molar-refractivity contribution is 5.60. The maximum atomic E-state index is 4.61. The van der Waals surface area contributed by atoms with Crippen molar-refractivity contribution in [1.29, 1.82) is 0 Å². The lowest BCUT2D eigenvalue weighted by molar-refractivity contribution is 0.269. The van der Waals surface area contributed by atoms with Gasteiger partial charge in [0.1, 0.15) is 0 Å². The summed E-state index contributed by atoms with van der Waals surface area (Å²) >= 11 is 0. The van der Waals surface area contributed by atoms with Crippen molar-refractivity contribution in [2.75, 3.05) is 42.9 Å². The first-order chi connectivity index (χ1) is 10.8. The number of hydrogen-bond acceptors (Lipinski definition) is 6. The van der Waals surface area contributed by atoms with E-state index in [1.54, 1.807) is 6.20 Å². The van der Waals surface area contributed by atoms with Crippen LogP contribution in [0.25, 0.3) is 0 Å². The van der Waals surface area contributed by atoms with Gasteiger partial charge in [-0.15, -0.1) is 5.10 Å². The van der Waals surface area contributed by atoms with Crippen LogP contribution in [0.15, 0.2) is 30.5 Å². The first-order valence-electron chi connectivity index (χ1n) is 7.76. The van der Waals surface area contributed by atoms with Crippen LogP contribution >= 0.6 is 0 Å². The summed E-state index contributed by atoms with van der Waals surface area (Å²) in [7, 11) is 0. The molecule has 0 radical (unpaired) electrons. The number of hydrogen-bond donors (Lipinski definition) is 1. The van der Waals surface area contributed by atoms with Crippen LogP contribution in [-0.2, 0) is 0 Å². The van der Waals surface area contributed by atoms with Crippen LogP contribution in [0, 0.1) is 6.92 Å². The smallest absolute Gasteiger partial charge is 0.247 e. The van der Waals surface area contributed by atoms with Gasteiger partial charge in [0.05, 0.1) is 6.20 Å². The summed E-state index contributed by atoms with van der Waals surface area (Å²) in [5.74, 6) is 1.44. The van der Waals surface area contributed by atoms with Crippen LogP contribution in [0.4, 0.5) is 17.5 Å². The molecule has 6 nitrogen and oxygen atoms in total. The third-order valence-electron chi connectivity index (χ3n) is 4.06. The zero-order chi connectivity index (χ0) is 15.4. The number of anilines is 3. The maximum Gasteiger partial charge on any atom is 0.247 e. The number of para-hydroxylation sites is 1. The number of aryl methyl sites for hydroxylation is 1. The fraction of sp³-hybridized carbons (Fsp3) is 0.438. The lowest BCUT2D eigenvalue weighted by Gasteiger charge is -2.33. The second-order valence-electron chi connectivity index (χ2n) is 5.50. The summed E-state index contributed by atoms with van der Waals surface area (Å²) < 4.78 is 0. The van der Waals surface area contributed by atoms with Gasteiger partial charge in [-0.2, -0.15) is 10.1 Å². The van der Waals surface area contributed by atoms with Crippen LogP contribution in [0.2, 0.25) is 0 Å². The quantitative estimate of drug-likeness (QED) is 0.932. The van der Waals surface area contributed by atoms with Gasteiger partial charge in [-0.25, -0.2) is 0 Å². The van der Waals surface area contributed by atoms with Crippen molar-refractivity contribution in [3.05, 3.63) is 36.0 Å². The lowest BCUT2D eigenvalue weighted by atomic mass is 10.2. The molecule has 3 rings (SSSR count). The molecule has 0 spiro atoms. The summed E-state index contributed by atoms with van der Waals surface area (Å²) in [6.45, 7) is 9.36. The molecule has 0 saturated carbocycles. The molecule has 1 aromatic carbocycles. The number of rotatable bonds is 4. The Labute approximate surface area is 131 Å². The fourth-order valence-corrected chi connectivity index (χ4v) is 2.60. The van der Waals surface area contributed by atoms with E-state index >= 15 is 0 Å². The molecule has 0 unspecified atom stereocenters. The Bertz CT molecular complexity index is 622. The van der Waals surface area contributed by atoms with Crippen LogP contribution in [0.3, 0.4) is 0 Å². The van der Waals surface area contributed by atoms with Gasteiger partial charge in [0, 0.05) is 31.9 Å². The first kappa shape index (κ1) is 14.7. The third kappa shape index (κ3) is 3.33. The number of likely N-dealkylation sites (N-methyl/N-ethyl adjacent to an activating group) is 1. The number of nitrogens with zero attached hydrogens (tertiary/aromatic N) is 5. The fourth-order valence-electron chi connectivity index (χ4n) is 2.60. The molecule has 1 saturated heterocycles. The summed E-state index contributed by atoms with van der Waals surface area (Å²) in [5, 5.41) is 11.6. The summed E-state index contributed by atoms with van der Waals surface area (Å²) in [6, 6.07) is 8.14. The molecule has 22 heavy (non-hydrogen) atoms. The van der Waals surface area contributed by atoms with Crippen LogP contribution in [0.1, 0.15) is 12.5 Å². The van der Waals surface area contributed by atoms with Crippen molar-refractivity contribution in [2.24, 2.45) is 0 Å². The summed E-state index contributed by atoms with van der Waals surface area (Å²) in [4.78, 5) is 9.23. The molecule has 0 amide bonds. The Kier molecular flexibility index (Phi) is 4.48. The Hall–Kier alpha value is -2.21. The molecule has 1 N–H and O–H groups in total. The van der Waals surface area contributed by atoms with E-state index in [-0.39, 0.29) is 0 Å². The van der Waals surface area contributed by atoms with E-state index < -0.39 is 0 Å². The van der Waals surface area contributed by atoms with Gasteiger partial charge in [0.15, 0.2) is 5.82 Å². The van der Waals surface area contributed by atoms with Crippen LogP contribution < -0.4 is 10.2 Å². The highest BCUT2D eigenvalue weighted by Gasteiger charge is 2.18. The first-order valence-corrected chi connectivity index (χ1v) is 7.76. The molecule has 1 aliphatic heterocycles. The van der Waals surface area contributed by atoms with Crippen LogP contribution in [0.5, 0.6) is 0 Å². The van der Waals surface area contributed by atoms with Gasteiger partial charge >= 0.3 is 0 Å². The molecule has 116 valence electrons. The Balaban J connectivity index is 1.72. The Morgan fingerprint density at radius 2 is 1.91 bits per heavy atom. The monoisotopic (exact) mass is 298 g/mol. The molecule has 2 heterocycles. The van der Waals surface area contributed by atoms with Gasteiger partial charge in [-0.3, -0.25) is 0 Å². The van der Waals surface area contributed by atoms with Gasteiger partial charge < -0.3 is 15.1 Å². The van der Waals surface area contributed by atoms with Crippen molar-refractivity contribution < 1.29 is 0 Å². The van der Waals surface area contributed by atoms with E-state index in [0.717, 1.165) is 44.2 Å². The SMILES string of the molecule is CCN1CCN(c2nncc(Nc3ccccc3C)n2)CC1. The van der Waals surface area contributed by atoms with Crippen LogP contribution in [-0.4, -0.2) is 52.8 Å². The van der Waals surface area contributed by atoms with Gasteiger partial charge in [-0.1, -0.05) is 25.1 Å². The van der Waals surface area contributed by atoms with Crippen molar-refractivity contribution in [3.63, 3.8) is 0 Å². The second-order valence-corrected chi connectivity index (χ2v) is 5.50. The standard InChI is InChI=1S/C16H22N6/c1-3-21-8-10-22(11-9-21)16-19-15(12-17-20-16)18-14-7-5-4-6-13(14)2/h4-7,12H,3,8-11H2,1-2H3,(H,18,19,20). The van der Waals surface area contributed by atoms with E-state index in [0.29, 0.717) is 5.95 Å². The predicted molar refractivity (Wildman–Crippen MR) is 88.6 cm³/mol. The highest BCUT2D eigenvalue weighted by atomic mass is 15.4. The minimum Gasteiger partial charge on any atom is -0.339 e. The van der Waals surface area contributed by atoms with Crippen molar-refractivity contribution in [1.82, 2.24) is 20.1 Å². The molecular formula is C16H22N6. The van der Waals surface area contributed by atoms with Gasteiger partial charge in [-0.05, 0) is 25.1 Å². The molecule has 1 aliphatic rings. The zero-order valence-corrected chi connectivity index (χ0v) is 13.2. The molecular weight excluding hydrogens is 276 g/mol. The van der Waals surface area contributed by atoms with E-state index in [1.807, 2.05) is 18.2 Å². The average Bonchev–Trinajstić information content (AvgIpc) is 2.57. The minimum absolute atomic E-state index is 0.703. The highest BCUT2D eigenvalue weighted by Crippen LogP contribution is 2.19. The van der Waals surface area contributed by atoms with Crippen molar-refractivity contribution in [2.45, 2.75) is 13.8 Å². The lowest BCUT2D eigenvalue weighted by Crippen LogP contribution is -2.46. The van der Waals surface area contributed by atoms with Crippen molar-refractivity contribution >= 4 is 17.5 Å². The number of nitrogens with one attached hydrogen (secondary N) is 1. The van der Waals surface area contributed by atoms with E-state index in [2.05, 4.69) is 50.2 Å². The summed E-state index contributed by atoms with van der Waals surface area (Å²) in [6.07, 6.45) is 1.66. The largest absolute Gasteiger partial charge is 0.339 e. The average molecular weight is 298 g/mol. The molecule has 0 atom stereocenters. The summed E-state index contributed by atoms with van der Waals surface area (Å²) in [5.41, 5.74) is 2.23. The molecule has 6 heteroatoms. The second kappa shape index (κ2) is 6.70. The minimum atomic E-state index is 0.703. The number of aromatic nitrogens is 3. The maximum absolute atomic E-state index is 4.61. The Morgan fingerprint density at radius 3 is 2.64 bits per heavy atom. The number of piperazine rings is 1. The van der Waals surface area contributed by atoms with E-state index in [9.17, 15) is 0 Å². The van der Waals surface area contributed by atoms with Gasteiger partial charge in [0.25, 0.3) is 0 Å².